The van der Waals surface area contributed by atoms with Gasteiger partial charge in [0.2, 0.25) is 5.91 Å². The number of alkyl halides is 3. The summed E-state index contributed by atoms with van der Waals surface area (Å²) in [6.07, 6.45) is -3.78. The lowest BCUT2D eigenvalue weighted by atomic mass is 10.2. The quantitative estimate of drug-likeness (QED) is 0.730. The Morgan fingerprint density at radius 2 is 2.00 bits per heavy atom. The summed E-state index contributed by atoms with van der Waals surface area (Å²) in [6.45, 7) is 4.73. The molecule has 1 aliphatic rings. The Labute approximate surface area is 156 Å². The van der Waals surface area contributed by atoms with Crippen molar-refractivity contribution >= 4 is 34.9 Å². The molecule has 3 heterocycles. The van der Waals surface area contributed by atoms with E-state index in [-0.39, 0.29) is 39.7 Å². The summed E-state index contributed by atoms with van der Waals surface area (Å²) in [5, 5.41) is 7.68. The Morgan fingerprint density at radius 1 is 1.35 bits per heavy atom. The van der Waals surface area contributed by atoms with Crippen LogP contribution in [0.1, 0.15) is 19.4 Å². The normalized spacial score (nSPS) is 21.4. The molecule has 0 aliphatic carbocycles. The molecule has 0 bridgehead atoms. The number of rotatable bonds is 3. The molecule has 3 rings (SSSR count). The van der Waals surface area contributed by atoms with Crippen LogP contribution in [0.4, 0.5) is 13.2 Å². The number of carbonyl (C=O) groups excluding carboxylic acids is 1. The molecular weight excluding hydrogens is 393 g/mol. The van der Waals surface area contributed by atoms with Gasteiger partial charge in [-0.1, -0.05) is 23.4 Å². The highest BCUT2D eigenvalue weighted by atomic mass is 35.5. The average Bonchev–Trinajstić information content (AvgIpc) is 2.94. The standard InChI is InChI=1S/C15H16ClF3N4O2S/c1-8-4-22(5-9(2)25-8)12(24)7-26-14-21-20-13-11(16)3-10(6-23(13)14)15(17,18)19/h3,6,8-9H,4-5,7H2,1-2H3/t8-,9+. The number of aromatic nitrogens is 3. The van der Waals surface area contributed by atoms with E-state index in [9.17, 15) is 18.0 Å². The Balaban J connectivity index is 1.77. The van der Waals surface area contributed by atoms with Gasteiger partial charge < -0.3 is 9.64 Å². The first-order valence-electron chi connectivity index (χ1n) is 7.82. The number of carbonyl (C=O) groups is 1. The molecule has 26 heavy (non-hydrogen) atoms. The van der Waals surface area contributed by atoms with Crippen molar-refractivity contribution in [1.29, 1.82) is 0 Å². The van der Waals surface area contributed by atoms with E-state index in [1.54, 1.807) is 4.90 Å². The molecule has 1 aliphatic heterocycles. The first-order valence-corrected chi connectivity index (χ1v) is 9.19. The molecule has 0 saturated carbocycles. The number of nitrogens with zero attached hydrogens (tertiary/aromatic N) is 4. The number of morpholine rings is 1. The molecule has 6 nitrogen and oxygen atoms in total. The predicted molar refractivity (Wildman–Crippen MR) is 90.3 cm³/mol. The van der Waals surface area contributed by atoms with Gasteiger partial charge in [-0.25, -0.2) is 0 Å². The number of ether oxygens (including phenoxy) is 1. The minimum atomic E-state index is -4.54. The molecule has 0 unspecified atom stereocenters. The van der Waals surface area contributed by atoms with Crippen LogP contribution in [0.25, 0.3) is 5.65 Å². The van der Waals surface area contributed by atoms with Gasteiger partial charge in [0.25, 0.3) is 0 Å². The monoisotopic (exact) mass is 408 g/mol. The third kappa shape index (κ3) is 4.07. The van der Waals surface area contributed by atoms with E-state index < -0.39 is 11.7 Å². The van der Waals surface area contributed by atoms with Gasteiger partial charge in [0.05, 0.1) is 28.5 Å². The predicted octanol–water partition coefficient (Wildman–Crippen LogP) is 3.13. The first-order chi connectivity index (χ1) is 12.1. The number of hydrogen-bond acceptors (Lipinski definition) is 5. The molecule has 0 N–H and O–H groups in total. The number of pyridine rings is 1. The molecule has 2 atom stereocenters. The lowest BCUT2D eigenvalue weighted by Gasteiger charge is -2.35. The zero-order valence-corrected chi connectivity index (χ0v) is 15.5. The summed E-state index contributed by atoms with van der Waals surface area (Å²) in [5.74, 6) is -0.0968. The lowest BCUT2D eigenvalue weighted by molar-refractivity contribution is -0.140. The second-order valence-electron chi connectivity index (χ2n) is 6.10. The zero-order valence-electron chi connectivity index (χ0n) is 14.0. The van der Waals surface area contributed by atoms with E-state index in [4.69, 9.17) is 16.3 Å². The smallest absolute Gasteiger partial charge is 0.372 e. The fraction of sp³-hybridized carbons (Fsp3) is 0.533. The lowest BCUT2D eigenvalue weighted by Crippen LogP contribution is -2.48. The fourth-order valence-electron chi connectivity index (χ4n) is 2.79. The van der Waals surface area contributed by atoms with Crippen LogP contribution < -0.4 is 0 Å². The minimum Gasteiger partial charge on any atom is -0.372 e. The van der Waals surface area contributed by atoms with E-state index >= 15 is 0 Å². The van der Waals surface area contributed by atoms with E-state index in [2.05, 4.69) is 10.2 Å². The minimum absolute atomic E-state index is 0.0358. The third-order valence-corrected chi connectivity index (χ3v) is 5.06. The number of thioether (sulfide) groups is 1. The second kappa shape index (κ2) is 7.24. The van der Waals surface area contributed by atoms with Crippen molar-refractivity contribution in [1.82, 2.24) is 19.5 Å². The average molecular weight is 409 g/mol. The SMILES string of the molecule is C[C@@H]1CN(C(=O)CSc2nnc3c(Cl)cc(C(F)(F)F)cn23)C[C@H](C)O1. The third-order valence-electron chi connectivity index (χ3n) is 3.85. The van der Waals surface area contributed by atoms with E-state index in [0.717, 1.165) is 28.4 Å². The largest absolute Gasteiger partial charge is 0.417 e. The van der Waals surface area contributed by atoms with Crippen molar-refractivity contribution in [3.63, 3.8) is 0 Å². The molecular formula is C15H16ClF3N4O2S. The number of hydrogen-bond donors (Lipinski definition) is 0. The summed E-state index contributed by atoms with van der Waals surface area (Å²) in [4.78, 5) is 14.1. The summed E-state index contributed by atoms with van der Waals surface area (Å²) in [7, 11) is 0. The molecule has 2 aromatic rings. The molecule has 0 aromatic carbocycles. The van der Waals surface area contributed by atoms with Crippen LogP contribution in [0.5, 0.6) is 0 Å². The van der Waals surface area contributed by atoms with Gasteiger partial charge >= 0.3 is 6.18 Å². The van der Waals surface area contributed by atoms with Crippen LogP contribution in [0.15, 0.2) is 17.4 Å². The van der Waals surface area contributed by atoms with Gasteiger partial charge in [-0.05, 0) is 19.9 Å². The van der Waals surface area contributed by atoms with Crippen LogP contribution >= 0.6 is 23.4 Å². The highest BCUT2D eigenvalue weighted by Gasteiger charge is 2.32. The van der Waals surface area contributed by atoms with Crippen LogP contribution in [-0.4, -0.2) is 56.5 Å². The molecule has 142 valence electrons. The van der Waals surface area contributed by atoms with E-state index in [0.29, 0.717) is 13.1 Å². The molecule has 2 aromatic heterocycles. The maximum Gasteiger partial charge on any atom is 0.417 e. The Hall–Kier alpha value is -1.52. The number of fused-ring (bicyclic) bond motifs is 1. The summed E-state index contributed by atoms with van der Waals surface area (Å²) in [5.41, 5.74) is -0.790. The fourth-order valence-corrected chi connectivity index (χ4v) is 3.84. The molecule has 1 saturated heterocycles. The summed E-state index contributed by atoms with van der Waals surface area (Å²) < 4.78 is 45.7. The van der Waals surface area contributed by atoms with Crippen LogP contribution in [0.3, 0.4) is 0 Å². The maximum absolute atomic E-state index is 13.0. The van der Waals surface area contributed by atoms with Crippen molar-refractivity contribution in [2.45, 2.75) is 37.4 Å². The Morgan fingerprint density at radius 3 is 2.62 bits per heavy atom. The molecule has 1 amide bonds. The van der Waals surface area contributed by atoms with E-state index in [1.807, 2.05) is 13.8 Å². The molecule has 11 heteroatoms. The van der Waals surface area contributed by atoms with Crippen molar-refractivity contribution in [2.75, 3.05) is 18.8 Å². The Kier molecular flexibility index (Phi) is 5.36. The highest BCUT2D eigenvalue weighted by Crippen LogP contribution is 2.33. The second-order valence-corrected chi connectivity index (χ2v) is 7.45. The Bertz CT molecular complexity index is 819. The zero-order chi connectivity index (χ0) is 19.1. The first kappa shape index (κ1) is 19.2. The number of halogens is 4. The maximum atomic E-state index is 13.0. The van der Waals surface area contributed by atoms with Crippen molar-refractivity contribution in [3.8, 4) is 0 Å². The molecule has 0 spiro atoms. The molecule has 0 radical (unpaired) electrons. The van der Waals surface area contributed by atoms with Gasteiger partial charge in [-0.15, -0.1) is 10.2 Å². The van der Waals surface area contributed by atoms with Gasteiger partial charge in [0, 0.05) is 19.3 Å². The van der Waals surface area contributed by atoms with E-state index in [1.165, 1.54) is 0 Å². The van der Waals surface area contributed by atoms with Crippen molar-refractivity contribution in [3.05, 3.63) is 22.8 Å². The van der Waals surface area contributed by atoms with Crippen molar-refractivity contribution in [2.24, 2.45) is 0 Å². The topological polar surface area (TPSA) is 59.7 Å². The number of amides is 1. The summed E-state index contributed by atoms with van der Waals surface area (Å²) in [6, 6.07) is 0.807. The molecule has 1 fully saturated rings. The van der Waals surface area contributed by atoms with Gasteiger partial charge in [-0.3, -0.25) is 9.20 Å². The van der Waals surface area contributed by atoms with Crippen molar-refractivity contribution < 1.29 is 22.7 Å². The van der Waals surface area contributed by atoms with Gasteiger partial charge in [0.15, 0.2) is 10.8 Å². The van der Waals surface area contributed by atoms with Crippen LogP contribution in [0, 0.1) is 0 Å². The van der Waals surface area contributed by atoms with Gasteiger partial charge in [-0.2, -0.15) is 13.2 Å². The van der Waals surface area contributed by atoms with Gasteiger partial charge in [0.1, 0.15) is 0 Å². The van der Waals surface area contributed by atoms with Crippen LogP contribution in [0.2, 0.25) is 5.02 Å². The summed E-state index contributed by atoms with van der Waals surface area (Å²) >= 11 is 6.90. The highest BCUT2D eigenvalue weighted by molar-refractivity contribution is 7.99. The van der Waals surface area contributed by atoms with Crippen LogP contribution in [-0.2, 0) is 15.7 Å².